The molecule has 1 saturated heterocycles. The van der Waals surface area contributed by atoms with Gasteiger partial charge in [-0.25, -0.2) is 4.79 Å². The summed E-state index contributed by atoms with van der Waals surface area (Å²) in [6.07, 6.45) is 0. The molecule has 1 fully saturated rings. The standard InChI is InChI=1S/C19H19N3O3/c1-25-17-10-6-5-9-14(17)21-19(24)22-15(11-20)18(16(22)12-23)13-7-3-2-4-8-13/h2-10,15-16,18,23H,12H2,1H3,(H,21,24)/t15-,16-,18+/m1/s1. The fraction of sp³-hybridized carbons (Fsp3) is 0.263. The Hall–Kier alpha value is -3.04. The van der Waals surface area contributed by atoms with Gasteiger partial charge < -0.3 is 20.1 Å². The van der Waals surface area contributed by atoms with Crippen LogP contribution in [0.1, 0.15) is 11.5 Å². The molecule has 0 radical (unpaired) electrons. The number of urea groups is 1. The second-order valence-corrected chi connectivity index (χ2v) is 5.80. The highest BCUT2D eigenvalue weighted by molar-refractivity contribution is 5.92. The van der Waals surface area contributed by atoms with Crippen LogP contribution in [0.5, 0.6) is 5.75 Å². The summed E-state index contributed by atoms with van der Waals surface area (Å²) < 4.78 is 5.23. The van der Waals surface area contributed by atoms with Gasteiger partial charge in [0.15, 0.2) is 0 Å². The molecule has 25 heavy (non-hydrogen) atoms. The number of carbonyl (C=O) groups is 1. The number of hydrogen-bond acceptors (Lipinski definition) is 4. The fourth-order valence-electron chi connectivity index (χ4n) is 3.29. The Labute approximate surface area is 146 Å². The van der Waals surface area contributed by atoms with Crippen molar-refractivity contribution in [2.45, 2.75) is 18.0 Å². The van der Waals surface area contributed by atoms with Crippen LogP contribution < -0.4 is 10.1 Å². The van der Waals surface area contributed by atoms with Crippen molar-refractivity contribution in [3.8, 4) is 11.8 Å². The topological polar surface area (TPSA) is 85.6 Å². The van der Waals surface area contributed by atoms with Gasteiger partial charge in [-0.05, 0) is 17.7 Å². The van der Waals surface area contributed by atoms with Gasteiger partial charge in [-0.2, -0.15) is 5.26 Å². The molecule has 1 heterocycles. The summed E-state index contributed by atoms with van der Waals surface area (Å²) in [7, 11) is 1.52. The summed E-state index contributed by atoms with van der Waals surface area (Å²) in [5, 5.41) is 22.1. The van der Waals surface area contributed by atoms with Crippen LogP contribution in [-0.2, 0) is 0 Å². The molecule has 3 rings (SSSR count). The third-order valence-electron chi connectivity index (χ3n) is 4.50. The van der Waals surface area contributed by atoms with E-state index in [2.05, 4.69) is 11.4 Å². The van der Waals surface area contributed by atoms with E-state index in [4.69, 9.17) is 4.74 Å². The van der Waals surface area contributed by atoms with Crippen molar-refractivity contribution >= 4 is 11.7 Å². The Kier molecular flexibility index (Phi) is 4.87. The molecule has 0 spiro atoms. The van der Waals surface area contributed by atoms with Crippen molar-refractivity contribution in [2.24, 2.45) is 0 Å². The minimum atomic E-state index is -0.630. The lowest BCUT2D eigenvalue weighted by Crippen LogP contribution is -2.66. The zero-order valence-electron chi connectivity index (χ0n) is 13.8. The van der Waals surface area contributed by atoms with Crippen LogP contribution in [0.4, 0.5) is 10.5 Å². The second kappa shape index (κ2) is 7.24. The molecule has 0 aromatic heterocycles. The molecule has 2 aromatic rings. The first-order valence-electron chi connectivity index (χ1n) is 7.99. The van der Waals surface area contributed by atoms with E-state index in [0.717, 1.165) is 5.56 Å². The number of rotatable bonds is 4. The number of amides is 2. The molecule has 1 aliphatic rings. The van der Waals surface area contributed by atoms with Crippen molar-refractivity contribution in [3.05, 3.63) is 60.2 Å². The van der Waals surface area contributed by atoms with Gasteiger partial charge in [-0.1, -0.05) is 42.5 Å². The molecule has 2 N–H and O–H groups in total. The number of nitrogens with one attached hydrogen (secondary N) is 1. The zero-order valence-corrected chi connectivity index (χ0v) is 13.8. The highest BCUT2D eigenvalue weighted by Crippen LogP contribution is 2.40. The SMILES string of the molecule is COc1ccccc1NC(=O)N1[C@H](C#N)[C@H](c2ccccc2)[C@H]1CO. The lowest BCUT2D eigenvalue weighted by Gasteiger charge is -2.51. The number of benzene rings is 2. The Morgan fingerprint density at radius 2 is 1.92 bits per heavy atom. The van der Waals surface area contributed by atoms with E-state index in [1.807, 2.05) is 30.3 Å². The van der Waals surface area contributed by atoms with Crippen LogP contribution in [0.3, 0.4) is 0 Å². The minimum Gasteiger partial charge on any atom is -0.495 e. The molecular formula is C19H19N3O3. The maximum Gasteiger partial charge on any atom is 0.323 e. The highest BCUT2D eigenvalue weighted by atomic mass is 16.5. The maximum atomic E-state index is 12.7. The highest BCUT2D eigenvalue weighted by Gasteiger charge is 2.51. The van der Waals surface area contributed by atoms with Crippen LogP contribution in [0.25, 0.3) is 0 Å². The summed E-state index contributed by atoms with van der Waals surface area (Å²) in [5.74, 6) is 0.324. The molecule has 6 nitrogen and oxygen atoms in total. The molecule has 2 aromatic carbocycles. The first-order chi connectivity index (χ1) is 12.2. The lowest BCUT2D eigenvalue weighted by molar-refractivity contribution is 0.0223. The molecule has 2 amide bonds. The van der Waals surface area contributed by atoms with Crippen LogP contribution in [0.15, 0.2) is 54.6 Å². The Bertz CT molecular complexity index is 788. The smallest absolute Gasteiger partial charge is 0.323 e. The Morgan fingerprint density at radius 3 is 2.56 bits per heavy atom. The van der Waals surface area contributed by atoms with Crippen molar-refractivity contribution in [1.82, 2.24) is 4.90 Å². The summed E-state index contributed by atoms with van der Waals surface area (Å²) in [6.45, 7) is -0.211. The Morgan fingerprint density at radius 1 is 1.24 bits per heavy atom. The van der Waals surface area contributed by atoms with E-state index in [9.17, 15) is 15.2 Å². The van der Waals surface area contributed by atoms with Crippen molar-refractivity contribution in [1.29, 1.82) is 5.26 Å². The number of anilines is 1. The monoisotopic (exact) mass is 337 g/mol. The van der Waals surface area contributed by atoms with Gasteiger partial charge in [0.05, 0.1) is 31.5 Å². The molecule has 0 unspecified atom stereocenters. The number of likely N-dealkylation sites (tertiary alicyclic amines) is 1. The van der Waals surface area contributed by atoms with Gasteiger partial charge in [0.2, 0.25) is 0 Å². The number of ether oxygens (including phenoxy) is 1. The van der Waals surface area contributed by atoms with Gasteiger partial charge in [-0.3, -0.25) is 0 Å². The average molecular weight is 337 g/mol. The van der Waals surface area contributed by atoms with Crippen molar-refractivity contribution in [2.75, 3.05) is 19.0 Å². The lowest BCUT2D eigenvalue weighted by atomic mass is 9.76. The number of para-hydroxylation sites is 2. The van der Waals surface area contributed by atoms with Crippen LogP contribution in [0, 0.1) is 11.3 Å². The zero-order chi connectivity index (χ0) is 17.8. The van der Waals surface area contributed by atoms with E-state index >= 15 is 0 Å². The number of hydrogen-bond donors (Lipinski definition) is 2. The normalized spacial score (nSPS) is 21.8. The molecule has 3 atom stereocenters. The second-order valence-electron chi connectivity index (χ2n) is 5.80. The summed E-state index contributed by atoms with van der Waals surface area (Å²) in [5.41, 5.74) is 1.46. The number of aliphatic hydroxyl groups excluding tert-OH is 1. The van der Waals surface area contributed by atoms with Crippen LogP contribution >= 0.6 is 0 Å². The van der Waals surface area contributed by atoms with Crippen LogP contribution in [-0.4, -0.2) is 41.8 Å². The summed E-state index contributed by atoms with van der Waals surface area (Å²) in [4.78, 5) is 14.1. The Balaban J connectivity index is 1.82. The molecular weight excluding hydrogens is 318 g/mol. The molecule has 6 heteroatoms. The average Bonchev–Trinajstić information content (AvgIpc) is 2.63. The van der Waals surface area contributed by atoms with Crippen molar-refractivity contribution in [3.63, 3.8) is 0 Å². The number of nitrogens with zero attached hydrogens (tertiary/aromatic N) is 2. The van der Waals surface area contributed by atoms with E-state index < -0.39 is 18.1 Å². The largest absolute Gasteiger partial charge is 0.495 e. The molecule has 1 aliphatic heterocycles. The van der Waals surface area contributed by atoms with E-state index in [1.165, 1.54) is 12.0 Å². The van der Waals surface area contributed by atoms with Gasteiger partial charge in [-0.15, -0.1) is 0 Å². The third-order valence-corrected chi connectivity index (χ3v) is 4.50. The summed E-state index contributed by atoms with van der Waals surface area (Å²) >= 11 is 0. The predicted octanol–water partition coefficient (Wildman–Crippen LogP) is 2.58. The number of methoxy groups -OCH3 is 1. The minimum absolute atomic E-state index is 0.209. The number of carbonyl (C=O) groups excluding carboxylic acids is 1. The van der Waals surface area contributed by atoms with E-state index in [-0.39, 0.29) is 12.5 Å². The van der Waals surface area contributed by atoms with E-state index in [1.54, 1.807) is 24.3 Å². The fourth-order valence-corrected chi connectivity index (χ4v) is 3.29. The molecule has 0 bridgehead atoms. The van der Waals surface area contributed by atoms with Gasteiger partial charge >= 0.3 is 6.03 Å². The van der Waals surface area contributed by atoms with Gasteiger partial charge in [0, 0.05) is 5.92 Å². The first-order valence-corrected chi connectivity index (χ1v) is 7.99. The predicted molar refractivity (Wildman–Crippen MR) is 93.3 cm³/mol. The van der Waals surface area contributed by atoms with Gasteiger partial charge in [0.1, 0.15) is 11.8 Å². The molecule has 0 saturated carbocycles. The van der Waals surface area contributed by atoms with Crippen molar-refractivity contribution < 1.29 is 14.6 Å². The number of aliphatic hydroxyl groups is 1. The maximum absolute atomic E-state index is 12.7. The first kappa shape index (κ1) is 16.8. The number of nitriles is 1. The third kappa shape index (κ3) is 3.02. The van der Waals surface area contributed by atoms with E-state index in [0.29, 0.717) is 11.4 Å². The molecule has 128 valence electrons. The summed E-state index contributed by atoms with van der Waals surface area (Å²) in [6, 6.07) is 17.2. The quantitative estimate of drug-likeness (QED) is 0.898. The van der Waals surface area contributed by atoms with Gasteiger partial charge in [0.25, 0.3) is 0 Å². The molecule has 0 aliphatic carbocycles. The van der Waals surface area contributed by atoms with Crippen LogP contribution in [0.2, 0.25) is 0 Å².